The molecule has 8 heteroatoms. The van der Waals surface area contributed by atoms with Gasteiger partial charge in [0.2, 0.25) is 5.91 Å². The monoisotopic (exact) mass is 481 g/mol. The number of carbonyl (C=O) groups excluding carboxylic acids is 1. The van der Waals surface area contributed by atoms with Crippen molar-refractivity contribution >= 4 is 28.2 Å². The second-order valence-corrected chi connectivity index (χ2v) is 9.17. The maximum atomic E-state index is 13.3. The van der Waals surface area contributed by atoms with Crippen molar-refractivity contribution in [2.24, 2.45) is 0 Å². The van der Waals surface area contributed by atoms with Gasteiger partial charge in [-0.15, -0.1) is 0 Å². The number of rotatable bonds is 5. The second-order valence-electron chi connectivity index (χ2n) is 9.17. The zero-order valence-corrected chi connectivity index (χ0v) is 20.3. The molecule has 0 unspecified atom stereocenters. The number of nitrogens with zero attached hydrogens (tertiary/aromatic N) is 4. The van der Waals surface area contributed by atoms with Crippen molar-refractivity contribution in [3.05, 3.63) is 105 Å². The van der Waals surface area contributed by atoms with Crippen molar-refractivity contribution in [3.8, 4) is 0 Å². The van der Waals surface area contributed by atoms with E-state index in [0.29, 0.717) is 19.0 Å². The summed E-state index contributed by atoms with van der Waals surface area (Å²) in [7, 11) is 0. The number of hydrogen-bond acceptors (Lipinski definition) is 5. The van der Waals surface area contributed by atoms with Crippen molar-refractivity contribution in [1.29, 1.82) is 0 Å². The van der Waals surface area contributed by atoms with Crippen LogP contribution in [0.1, 0.15) is 47.0 Å². The smallest absolute Gasteiger partial charge is 0.269 e. The number of hydrogen-bond donors (Lipinski definition) is 1. The SMILES string of the molecule is Cc1nc2c(C3CCN(C(=O)C=C(c4ccccc4)c4ccc([N+](=O)[O-])cc4)CC3)cnc(C)c2[nH]1. The highest BCUT2D eigenvalue weighted by molar-refractivity contribution is 5.99. The van der Waals surface area contributed by atoms with Gasteiger partial charge in [0, 0.05) is 43.1 Å². The van der Waals surface area contributed by atoms with Gasteiger partial charge in [0.25, 0.3) is 5.69 Å². The first kappa shape index (κ1) is 23.4. The van der Waals surface area contributed by atoms with Gasteiger partial charge in [0.05, 0.1) is 21.7 Å². The van der Waals surface area contributed by atoms with E-state index >= 15 is 0 Å². The van der Waals surface area contributed by atoms with E-state index < -0.39 is 4.92 Å². The van der Waals surface area contributed by atoms with Crippen LogP contribution in [0.4, 0.5) is 5.69 Å². The standard InChI is InChI=1S/C28H27N5O3/c1-18-27-28(31-19(2)30-27)25(17-29-18)22-12-14-32(15-13-22)26(34)16-24(20-6-4-3-5-7-20)21-8-10-23(11-9-21)33(35)36/h3-11,16-17,22H,12-15H2,1-2H3,(H,30,31). The van der Waals surface area contributed by atoms with Gasteiger partial charge in [0.1, 0.15) is 5.82 Å². The number of nitro benzene ring substituents is 1. The number of aromatic amines is 1. The number of aryl methyl sites for hydroxylation is 2. The van der Waals surface area contributed by atoms with Crippen LogP contribution in [0.25, 0.3) is 16.6 Å². The molecule has 2 aromatic heterocycles. The number of amides is 1. The Balaban J connectivity index is 1.37. The summed E-state index contributed by atoms with van der Waals surface area (Å²) < 4.78 is 0. The average Bonchev–Trinajstić information content (AvgIpc) is 3.30. The highest BCUT2D eigenvalue weighted by atomic mass is 16.6. The number of non-ortho nitro benzene ring substituents is 1. The van der Waals surface area contributed by atoms with E-state index in [1.165, 1.54) is 12.1 Å². The number of nitro groups is 1. The number of nitrogens with one attached hydrogen (secondary N) is 1. The molecule has 5 rings (SSSR count). The Morgan fingerprint density at radius 1 is 1.06 bits per heavy atom. The lowest BCUT2D eigenvalue weighted by Gasteiger charge is -2.31. The van der Waals surface area contributed by atoms with Gasteiger partial charge in [-0.05, 0) is 61.4 Å². The molecule has 36 heavy (non-hydrogen) atoms. The fourth-order valence-corrected chi connectivity index (χ4v) is 4.89. The van der Waals surface area contributed by atoms with Crippen LogP contribution in [-0.2, 0) is 4.79 Å². The first-order valence-corrected chi connectivity index (χ1v) is 12.0. The lowest BCUT2D eigenvalue weighted by molar-refractivity contribution is -0.384. The molecule has 2 aromatic carbocycles. The predicted octanol–water partition coefficient (Wildman–Crippen LogP) is 5.32. The Hall–Kier alpha value is -4.33. The topological polar surface area (TPSA) is 105 Å². The third-order valence-electron chi connectivity index (χ3n) is 6.84. The van der Waals surface area contributed by atoms with Crippen molar-refractivity contribution in [2.75, 3.05) is 13.1 Å². The molecule has 1 aliphatic rings. The molecule has 4 aromatic rings. The third-order valence-corrected chi connectivity index (χ3v) is 6.84. The van der Waals surface area contributed by atoms with Gasteiger partial charge in [-0.25, -0.2) is 4.98 Å². The van der Waals surface area contributed by atoms with Gasteiger partial charge in [-0.3, -0.25) is 19.9 Å². The maximum absolute atomic E-state index is 13.3. The Morgan fingerprint density at radius 3 is 2.39 bits per heavy atom. The average molecular weight is 482 g/mol. The van der Waals surface area contributed by atoms with E-state index in [1.54, 1.807) is 18.2 Å². The van der Waals surface area contributed by atoms with Crippen LogP contribution in [-0.4, -0.2) is 43.8 Å². The van der Waals surface area contributed by atoms with Crippen molar-refractivity contribution in [1.82, 2.24) is 19.9 Å². The van der Waals surface area contributed by atoms with Crippen LogP contribution >= 0.6 is 0 Å². The predicted molar refractivity (Wildman–Crippen MR) is 139 cm³/mol. The number of carbonyl (C=O) groups is 1. The van der Waals surface area contributed by atoms with E-state index in [0.717, 1.165) is 57.7 Å². The molecule has 1 fully saturated rings. The Morgan fingerprint density at radius 2 is 1.72 bits per heavy atom. The largest absolute Gasteiger partial charge is 0.341 e. The summed E-state index contributed by atoms with van der Waals surface area (Å²) in [6.45, 7) is 5.21. The number of likely N-dealkylation sites (tertiary alicyclic amines) is 1. The number of pyridine rings is 1. The van der Waals surface area contributed by atoms with Gasteiger partial charge in [-0.2, -0.15) is 0 Å². The molecule has 0 bridgehead atoms. The zero-order chi connectivity index (χ0) is 25.2. The van der Waals surface area contributed by atoms with Gasteiger partial charge >= 0.3 is 0 Å². The highest BCUT2D eigenvalue weighted by Gasteiger charge is 2.26. The van der Waals surface area contributed by atoms with Crippen molar-refractivity contribution in [3.63, 3.8) is 0 Å². The van der Waals surface area contributed by atoms with Crippen LogP contribution in [0.3, 0.4) is 0 Å². The number of benzene rings is 2. The van der Waals surface area contributed by atoms with Crippen LogP contribution in [0, 0.1) is 24.0 Å². The van der Waals surface area contributed by atoms with E-state index in [1.807, 2.05) is 55.3 Å². The summed E-state index contributed by atoms with van der Waals surface area (Å²) in [5.41, 5.74) is 6.45. The van der Waals surface area contributed by atoms with E-state index in [4.69, 9.17) is 4.98 Å². The molecule has 1 saturated heterocycles. The van der Waals surface area contributed by atoms with E-state index in [2.05, 4.69) is 9.97 Å². The van der Waals surface area contributed by atoms with Crippen LogP contribution in [0.5, 0.6) is 0 Å². The Labute approximate surface area is 208 Å². The van der Waals surface area contributed by atoms with E-state index in [-0.39, 0.29) is 11.6 Å². The minimum atomic E-state index is -0.424. The molecule has 8 nitrogen and oxygen atoms in total. The summed E-state index contributed by atoms with van der Waals surface area (Å²) in [4.78, 5) is 38.5. The zero-order valence-electron chi connectivity index (χ0n) is 20.3. The molecule has 0 radical (unpaired) electrons. The molecule has 1 N–H and O–H groups in total. The maximum Gasteiger partial charge on any atom is 0.269 e. The number of piperidine rings is 1. The molecule has 0 atom stereocenters. The van der Waals surface area contributed by atoms with E-state index in [9.17, 15) is 14.9 Å². The summed E-state index contributed by atoms with van der Waals surface area (Å²) in [5.74, 6) is 1.10. The first-order chi connectivity index (χ1) is 17.4. The summed E-state index contributed by atoms with van der Waals surface area (Å²) in [5, 5.41) is 11.1. The molecule has 1 aliphatic heterocycles. The number of aromatic nitrogens is 3. The van der Waals surface area contributed by atoms with Crippen LogP contribution in [0.15, 0.2) is 66.9 Å². The fraction of sp³-hybridized carbons (Fsp3) is 0.250. The molecule has 1 amide bonds. The molecule has 0 saturated carbocycles. The van der Waals surface area contributed by atoms with Gasteiger partial charge < -0.3 is 9.88 Å². The van der Waals surface area contributed by atoms with Gasteiger partial charge in [0.15, 0.2) is 0 Å². The molecule has 0 aliphatic carbocycles. The van der Waals surface area contributed by atoms with Crippen molar-refractivity contribution < 1.29 is 9.72 Å². The van der Waals surface area contributed by atoms with Crippen molar-refractivity contribution in [2.45, 2.75) is 32.6 Å². The number of fused-ring (bicyclic) bond motifs is 1. The minimum absolute atomic E-state index is 0.0198. The van der Waals surface area contributed by atoms with Crippen LogP contribution in [0.2, 0.25) is 0 Å². The Kier molecular flexibility index (Phi) is 6.33. The highest BCUT2D eigenvalue weighted by Crippen LogP contribution is 2.33. The normalized spacial score (nSPS) is 14.8. The lowest BCUT2D eigenvalue weighted by atomic mass is 9.89. The summed E-state index contributed by atoms with van der Waals surface area (Å²) in [6, 6.07) is 15.9. The molecular formula is C28H27N5O3. The Bertz CT molecular complexity index is 1450. The second kappa shape index (κ2) is 9.73. The fourth-order valence-electron chi connectivity index (χ4n) is 4.89. The molecule has 3 heterocycles. The number of H-pyrrole nitrogens is 1. The van der Waals surface area contributed by atoms with Gasteiger partial charge in [-0.1, -0.05) is 30.3 Å². The number of imidazole rings is 1. The molecular weight excluding hydrogens is 454 g/mol. The quantitative estimate of drug-likeness (QED) is 0.236. The summed E-state index contributed by atoms with van der Waals surface area (Å²) in [6.07, 6.45) is 5.26. The minimum Gasteiger partial charge on any atom is -0.341 e. The summed E-state index contributed by atoms with van der Waals surface area (Å²) >= 11 is 0. The third kappa shape index (κ3) is 4.62. The lowest BCUT2D eigenvalue weighted by Crippen LogP contribution is -2.37. The van der Waals surface area contributed by atoms with Crippen LogP contribution < -0.4 is 0 Å². The first-order valence-electron chi connectivity index (χ1n) is 12.0. The molecule has 182 valence electrons. The molecule has 0 spiro atoms.